The molecule has 0 fully saturated rings. The van der Waals surface area contributed by atoms with Crippen LogP contribution in [0.3, 0.4) is 0 Å². The summed E-state index contributed by atoms with van der Waals surface area (Å²) in [7, 11) is 1.79. The largest absolute Gasteiger partial charge is 0.416 e. The number of halogens is 3. The van der Waals surface area contributed by atoms with Gasteiger partial charge in [0.25, 0.3) is 0 Å². The zero-order valence-corrected chi connectivity index (χ0v) is 13.7. The summed E-state index contributed by atoms with van der Waals surface area (Å²) in [6.45, 7) is 3.75. The van der Waals surface area contributed by atoms with Crippen molar-refractivity contribution in [3.05, 3.63) is 47.0 Å². The molecule has 1 atom stereocenters. The Kier molecular flexibility index (Phi) is 5.26. The molecule has 2 rings (SSSR count). The summed E-state index contributed by atoms with van der Waals surface area (Å²) >= 11 is 0. The number of benzene rings is 1. The quantitative estimate of drug-likeness (QED) is 0.910. The molecule has 2 aromatic rings. The minimum absolute atomic E-state index is 0.0954. The van der Waals surface area contributed by atoms with Gasteiger partial charge < -0.3 is 9.88 Å². The molecule has 5 nitrogen and oxygen atoms in total. The van der Waals surface area contributed by atoms with Gasteiger partial charge in [-0.3, -0.25) is 4.79 Å². The third-order valence-corrected chi connectivity index (χ3v) is 3.90. The molecule has 0 aliphatic rings. The zero-order valence-electron chi connectivity index (χ0n) is 13.7. The fourth-order valence-corrected chi connectivity index (χ4v) is 2.27. The van der Waals surface area contributed by atoms with E-state index < -0.39 is 11.7 Å². The van der Waals surface area contributed by atoms with Crippen molar-refractivity contribution in [3.63, 3.8) is 0 Å². The number of carbonyl (C=O) groups excluding carboxylic acids is 1. The van der Waals surface area contributed by atoms with Crippen LogP contribution in [0, 0.1) is 6.92 Å². The van der Waals surface area contributed by atoms with E-state index in [-0.39, 0.29) is 24.8 Å². The van der Waals surface area contributed by atoms with Gasteiger partial charge in [-0.05, 0) is 24.5 Å². The van der Waals surface area contributed by atoms with Crippen molar-refractivity contribution in [2.24, 2.45) is 7.05 Å². The molecule has 1 aromatic heterocycles. The average Bonchev–Trinajstić information content (AvgIpc) is 2.84. The smallest absolute Gasteiger partial charge is 0.349 e. The topological polar surface area (TPSA) is 59.8 Å². The summed E-state index contributed by atoms with van der Waals surface area (Å²) < 4.78 is 40.0. The van der Waals surface area contributed by atoms with Gasteiger partial charge in [-0.15, -0.1) is 10.2 Å². The van der Waals surface area contributed by atoms with Crippen molar-refractivity contribution in [1.29, 1.82) is 0 Å². The molecule has 0 unspecified atom stereocenters. The van der Waals surface area contributed by atoms with Gasteiger partial charge in [0.2, 0.25) is 5.91 Å². The van der Waals surface area contributed by atoms with Crippen LogP contribution < -0.4 is 5.32 Å². The summed E-state index contributed by atoms with van der Waals surface area (Å²) in [6.07, 6.45) is -4.29. The van der Waals surface area contributed by atoms with E-state index in [0.29, 0.717) is 11.4 Å². The number of nitrogens with zero attached hydrogens (tertiary/aromatic N) is 3. The van der Waals surface area contributed by atoms with Gasteiger partial charge >= 0.3 is 6.18 Å². The number of nitrogens with one attached hydrogen (secondary N) is 1. The van der Waals surface area contributed by atoms with E-state index in [1.807, 2.05) is 0 Å². The maximum Gasteiger partial charge on any atom is 0.416 e. The number of rotatable bonds is 5. The average molecular weight is 340 g/mol. The molecule has 1 amide bonds. The van der Waals surface area contributed by atoms with Gasteiger partial charge in [-0.2, -0.15) is 13.2 Å². The number of hydrogen-bond acceptors (Lipinski definition) is 3. The summed E-state index contributed by atoms with van der Waals surface area (Å²) in [5.74, 6) is 0.776. The second-order valence-electron chi connectivity index (χ2n) is 5.73. The first-order valence-corrected chi connectivity index (χ1v) is 7.47. The number of hydrogen-bond donors (Lipinski definition) is 1. The van der Waals surface area contributed by atoms with Crippen molar-refractivity contribution >= 4 is 5.91 Å². The third-order valence-electron chi connectivity index (χ3n) is 3.90. The Labute approximate surface area is 137 Å². The second-order valence-corrected chi connectivity index (χ2v) is 5.73. The Morgan fingerprint density at radius 2 is 2.04 bits per heavy atom. The number of amides is 1. The van der Waals surface area contributed by atoms with Crippen LogP contribution in [0.2, 0.25) is 0 Å². The van der Waals surface area contributed by atoms with Gasteiger partial charge in [-0.25, -0.2) is 0 Å². The van der Waals surface area contributed by atoms with Crippen LogP contribution in [0.25, 0.3) is 0 Å². The maximum atomic E-state index is 12.7. The molecule has 1 heterocycles. The molecule has 0 saturated carbocycles. The first kappa shape index (κ1) is 18.0. The Bertz CT molecular complexity index is 724. The Balaban J connectivity index is 1.95. The molecule has 130 valence electrons. The standard InChI is InChI=1S/C16H19F3N4O/c1-10(12-5-4-6-13(8-12)16(17,18)19)7-15(24)20-9-14-22-21-11(2)23(14)3/h4-6,8,10H,7,9H2,1-3H3,(H,20,24)/t10-/m1/s1. The molecule has 1 aromatic carbocycles. The molecule has 1 N–H and O–H groups in total. The highest BCUT2D eigenvalue weighted by atomic mass is 19.4. The fourth-order valence-electron chi connectivity index (χ4n) is 2.27. The Morgan fingerprint density at radius 3 is 2.62 bits per heavy atom. The highest BCUT2D eigenvalue weighted by molar-refractivity contribution is 5.76. The van der Waals surface area contributed by atoms with E-state index in [9.17, 15) is 18.0 Å². The Morgan fingerprint density at radius 1 is 1.33 bits per heavy atom. The molecule has 24 heavy (non-hydrogen) atoms. The highest BCUT2D eigenvalue weighted by Crippen LogP contribution is 2.31. The van der Waals surface area contributed by atoms with Gasteiger partial charge in [0, 0.05) is 13.5 Å². The maximum absolute atomic E-state index is 12.7. The van der Waals surface area contributed by atoms with Gasteiger partial charge in [0.1, 0.15) is 5.82 Å². The van der Waals surface area contributed by atoms with E-state index in [1.54, 1.807) is 31.5 Å². The summed E-state index contributed by atoms with van der Waals surface area (Å²) in [6, 6.07) is 5.06. The van der Waals surface area contributed by atoms with Crippen LogP contribution in [0.5, 0.6) is 0 Å². The van der Waals surface area contributed by atoms with Crippen LogP contribution in [0.4, 0.5) is 13.2 Å². The summed E-state index contributed by atoms with van der Waals surface area (Å²) in [5.41, 5.74) is -0.226. The molecule has 8 heteroatoms. The van der Waals surface area contributed by atoms with Gasteiger partial charge in [-0.1, -0.05) is 25.1 Å². The minimum Gasteiger partial charge on any atom is -0.349 e. The number of carbonyl (C=O) groups is 1. The summed E-state index contributed by atoms with van der Waals surface area (Å²) in [4.78, 5) is 12.0. The molecule has 0 bridgehead atoms. The molecule has 0 radical (unpaired) electrons. The molecular weight excluding hydrogens is 321 g/mol. The minimum atomic E-state index is -4.39. The van der Waals surface area contributed by atoms with Crippen LogP contribution in [0.1, 0.15) is 42.0 Å². The fraction of sp³-hybridized carbons (Fsp3) is 0.438. The van der Waals surface area contributed by atoms with Crippen LogP contribution >= 0.6 is 0 Å². The number of aromatic nitrogens is 3. The van der Waals surface area contributed by atoms with Crippen LogP contribution in [0.15, 0.2) is 24.3 Å². The zero-order chi connectivity index (χ0) is 17.9. The first-order valence-electron chi connectivity index (χ1n) is 7.47. The molecular formula is C16H19F3N4O. The van der Waals surface area contributed by atoms with E-state index in [1.165, 1.54) is 6.07 Å². The van der Waals surface area contributed by atoms with Crippen molar-refractivity contribution in [2.45, 2.75) is 38.9 Å². The third kappa shape index (κ3) is 4.33. The monoisotopic (exact) mass is 340 g/mol. The highest BCUT2D eigenvalue weighted by Gasteiger charge is 2.30. The van der Waals surface area contributed by atoms with Crippen LogP contribution in [-0.2, 0) is 24.6 Å². The van der Waals surface area contributed by atoms with E-state index >= 15 is 0 Å². The van der Waals surface area contributed by atoms with Crippen molar-refractivity contribution < 1.29 is 18.0 Å². The SMILES string of the molecule is Cc1nnc(CNC(=O)C[C@@H](C)c2cccc(C(F)(F)F)c2)n1C. The van der Waals surface area contributed by atoms with Crippen molar-refractivity contribution in [1.82, 2.24) is 20.1 Å². The van der Waals surface area contributed by atoms with Gasteiger partial charge in [0.15, 0.2) is 5.82 Å². The van der Waals surface area contributed by atoms with E-state index in [0.717, 1.165) is 18.0 Å². The molecule has 0 aliphatic heterocycles. The number of alkyl halides is 3. The van der Waals surface area contributed by atoms with E-state index in [4.69, 9.17) is 0 Å². The van der Waals surface area contributed by atoms with E-state index in [2.05, 4.69) is 15.5 Å². The predicted octanol–water partition coefficient (Wildman–Crippen LogP) is 2.95. The predicted molar refractivity (Wildman–Crippen MR) is 82.1 cm³/mol. The summed E-state index contributed by atoms with van der Waals surface area (Å²) in [5, 5.41) is 10.5. The van der Waals surface area contributed by atoms with Gasteiger partial charge in [0.05, 0.1) is 12.1 Å². The molecule has 0 spiro atoms. The normalized spacial score (nSPS) is 12.9. The lowest BCUT2D eigenvalue weighted by Gasteiger charge is -2.14. The Hall–Kier alpha value is -2.38. The van der Waals surface area contributed by atoms with Crippen LogP contribution in [-0.4, -0.2) is 20.7 Å². The molecule has 0 aliphatic carbocycles. The van der Waals surface area contributed by atoms with Crippen molar-refractivity contribution in [3.8, 4) is 0 Å². The lowest BCUT2D eigenvalue weighted by Crippen LogP contribution is -2.25. The lowest BCUT2D eigenvalue weighted by molar-refractivity contribution is -0.137. The first-order chi connectivity index (χ1) is 11.2. The lowest BCUT2D eigenvalue weighted by atomic mass is 9.95. The second kappa shape index (κ2) is 7.02. The number of aryl methyl sites for hydroxylation is 1. The van der Waals surface area contributed by atoms with Crippen molar-refractivity contribution in [2.75, 3.05) is 0 Å². The molecule has 0 saturated heterocycles.